The zero-order valence-electron chi connectivity index (χ0n) is 10.3. The van der Waals surface area contributed by atoms with E-state index < -0.39 is 0 Å². The highest BCUT2D eigenvalue weighted by Crippen LogP contribution is 2.35. The summed E-state index contributed by atoms with van der Waals surface area (Å²) in [5.41, 5.74) is 1.29. The summed E-state index contributed by atoms with van der Waals surface area (Å²) in [7, 11) is 1.64. The fourth-order valence-electron chi connectivity index (χ4n) is 2.46. The monoisotopic (exact) mass is 230 g/mol. The Balaban J connectivity index is 2.28. The zero-order chi connectivity index (χ0) is 12.3. The van der Waals surface area contributed by atoms with Gasteiger partial charge in [-0.1, -0.05) is 37.3 Å². The first kappa shape index (κ1) is 11.9. The second-order valence-electron chi connectivity index (χ2n) is 4.68. The molecule has 17 heavy (non-hydrogen) atoms. The number of ether oxygens (including phenoxy) is 1. The SMILES string of the molecule is COC1=CC(=O)C[C@H](C)[C@H](c2ccccc2)C1. The fourth-order valence-corrected chi connectivity index (χ4v) is 2.46. The van der Waals surface area contributed by atoms with Crippen molar-refractivity contribution in [3.05, 3.63) is 47.7 Å². The smallest absolute Gasteiger partial charge is 0.159 e. The van der Waals surface area contributed by atoms with Crippen molar-refractivity contribution < 1.29 is 9.53 Å². The summed E-state index contributed by atoms with van der Waals surface area (Å²) in [4.78, 5) is 11.7. The van der Waals surface area contributed by atoms with Crippen LogP contribution in [0, 0.1) is 5.92 Å². The van der Waals surface area contributed by atoms with Crippen LogP contribution in [0.25, 0.3) is 0 Å². The van der Waals surface area contributed by atoms with Gasteiger partial charge in [0, 0.05) is 18.9 Å². The van der Waals surface area contributed by atoms with E-state index >= 15 is 0 Å². The lowest BCUT2D eigenvalue weighted by molar-refractivity contribution is -0.115. The molecule has 2 heteroatoms. The van der Waals surface area contributed by atoms with E-state index in [-0.39, 0.29) is 5.78 Å². The molecule has 0 heterocycles. The number of allylic oxidation sites excluding steroid dienone is 2. The van der Waals surface area contributed by atoms with Crippen LogP contribution in [0.15, 0.2) is 42.2 Å². The summed E-state index contributed by atoms with van der Waals surface area (Å²) in [5, 5.41) is 0. The van der Waals surface area contributed by atoms with Gasteiger partial charge in [-0.2, -0.15) is 0 Å². The molecule has 0 bridgehead atoms. The number of carbonyl (C=O) groups excluding carboxylic acids is 1. The average Bonchev–Trinajstić information content (AvgIpc) is 2.48. The van der Waals surface area contributed by atoms with Crippen molar-refractivity contribution in [3.8, 4) is 0 Å². The molecule has 1 aromatic carbocycles. The lowest BCUT2D eigenvalue weighted by Crippen LogP contribution is -2.11. The van der Waals surface area contributed by atoms with E-state index in [1.165, 1.54) is 5.56 Å². The van der Waals surface area contributed by atoms with Crippen molar-refractivity contribution in [2.24, 2.45) is 5.92 Å². The van der Waals surface area contributed by atoms with Gasteiger partial charge in [0.2, 0.25) is 0 Å². The number of rotatable bonds is 2. The first-order valence-electron chi connectivity index (χ1n) is 6.03. The highest BCUT2D eigenvalue weighted by atomic mass is 16.5. The van der Waals surface area contributed by atoms with Crippen molar-refractivity contribution in [2.45, 2.75) is 25.7 Å². The van der Waals surface area contributed by atoms with Crippen LogP contribution in [-0.4, -0.2) is 12.9 Å². The van der Waals surface area contributed by atoms with E-state index in [1.807, 2.05) is 18.2 Å². The Kier molecular flexibility index (Phi) is 3.62. The van der Waals surface area contributed by atoms with E-state index in [0.29, 0.717) is 18.3 Å². The van der Waals surface area contributed by atoms with Crippen molar-refractivity contribution >= 4 is 5.78 Å². The highest BCUT2D eigenvalue weighted by molar-refractivity contribution is 5.90. The van der Waals surface area contributed by atoms with Gasteiger partial charge in [-0.3, -0.25) is 4.79 Å². The molecular formula is C15H18O2. The molecule has 0 aromatic heterocycles. The van der Waals surface area contributed by atoms with Crippen LogP contribution < -0.4 is 0 Å². The van der Waals surface area contributed by atoms with E-state index in [0.717, 1.165) is 12.2 Å². The van der Waals surface area contributed by atoms with E-state index in [1.54, 1.807) is 13.2 Å². The van der Waals surface area contributed by atoms with E-state index in [9.17, 15) is 4.79 Å². The Hall–Kier alpha value is -1.57. The standard InChI is InChI=1S/C15H18O2/c1-11-8-13(16)9-14(17-2)10-15(11)12-6-4-3-5-7-12/h3-7,9,11,15H,8,10H2,1-2H3/t11-,15+/m0/s1. The number of carbonyl (C=O) groups is 1. The second kappa shape index (κ2) is 5.17. The molecule has 90 valence electrons. The van der Waals surface area contributed by atoms with Gasteiger partial charge in [0.1, 0.15) is 0 Å². The summed E-state index contributed by atoms with van der Waals surface area (Å²) in [6.07, 6.45) is 3.07. The molecule has 2 rings (SSSR count). The predicted octanol–water partition coefficient (Wildman–Crippen LogP) is 3.30. The number of benzene rings is 1. The van der Waals surface area contributed by atoms with Gasteiger partial charge < -0.3 is 4.74 Å². The molecule has 2 nitrogen and oxygen atoms in total. The molecule has 1 aliphatic rings. The summed E-state index contributed by atoms with van der Waals surface area (Å²) < 4.78 is 5.28. The minimum atomic E-state index is 0.174. The van der Waals surface area contributed by atoms with Crippen LogP contribution in [0.2, 0.25) is 0 Å². The second-order valence-corrected chi connectivity index (χ2v) is 4.68. The van der Waals surface area contributed by atoms with Crippen LogP contribution in [-0.2, 0) is 9.53 Å². The van der Waals surface area contributed by atoms with Crippen LogP contribution in [0.1, 0.15) is 31.2 Å². The maximum absolute atomic E-state index is 11.7. The topological polar surface area (TPSA) is 26.3 Å². The molecule has 1 aromatic rings. The number of hydrogen-bond donors (Lipinski definition) is 0. The highest BCUT2D eigenvalue weighted by Gasteiger charge is 2.26. The molecule has 0 fully saturated rings. The first-order valence-corrected chi connectivity index (χ1v) is 6.03. The summed E-state index contributed by atoms with van der Waals surface area (Å²) >= 11 is 0. The van der Waals surface area contributed by atoms with Gasteiger partial charge >= 0.3 is 0 Å². The summed E-state index contributed by atoms with van der Waals surface area (Å²) in [6, 6.07) is 10.4. The third-order valence-electron chi connectivity index (χ3n) is 3.44. The molecule has 0 saturated heterocycles. The van der Waals surface area contributed by atoms with Gasteiger partial charge in [-0.05, 0) is 17.4 Å². The maximum Gasteiger partial charge on any atom is 0.159 e. The van der Waals surface area contributed by atoms with Gasteiger partial charge in [0.25, 0.3) is 0 Å². The Labute approximate surface area is 102 Å². The third-order valence-corrected chi connectivity index (χ3v) is 3.44. The normalized spacial score (nSPS) is 25.1. The largest absolute Gasteiger partial charge is 0.501 e. The summed E-state index contributed by atoms with van der Waals surface area (Å²) in [5.74, 6) is 1.70. The maximum atomic E-state index is 11.7. The van der Waals surface area contributed by atoms with Crippen molar-refractivity contribution in [1.29, 1.82) is 0 Å². The lowest BCUT2D eigenvalue weighted by Gasteiger charge is -2.22. The zero-order valence-corrected chi connectivity index (χ0v) is 10.3. The molecule has 0 unspecified atom stereocenters. The van der Waals surface area contributed by atoms with Crippen molar-refractivity contribution in [1.82, 2.24) is 0 Å². The number of hydrogen-bond acceptors (Lipinski definition) is 2. The van der Waals surface area contributed by atoms with E-state index in [2.05, 4.69) is 19.1 Å². The molecule has 0 radical (unpaired) electrons. The van der Waals surface area contributed by atoms with Crippen molar-refractivity contribution in [2.75, 3.05) is 7.11 Å². The Morgan fingerprint density at radius 1 is 1.18 bits per heavy atom. The molecule has 0 spiro atoms. The van der Waals surface area contributed by atoms with E-state index in [4.69, 9.17) is 4.74 Å². The third kappa shape index (κ3) is 2.76. The molecular weight excluding hydrogens is 212 g/mol. The van der Waals surface area contributed by atoms with Gasteiger partial charge in [0.15, 0.2) is 5.78 Å². The molecule has 1 aliphatic carbocycles. The molecule has 0 aliphatic heterocycles. The molecule has 0 saturated carbocycles. The van der Waals surface area contributed by atoms with Gasteiger partial charge in [-0.15, -0.1) is 0 Å². The van der Waals surface area contributed by atoms with Crippen LogP contribution in [0.5, 0.6) is 0 Å². The number of methoxy groups -OCH3 is 1. The fraction of sp³-hybridized carbons (Fsp3) is 0.400. The van der Waals surface area contributed by atoms with Crippen LogP contribution in [0.4, 0.5) is 0 Å². The van der Waals surface area contributed by atoms with Crippen LogP contribution >= 0.6 is 0 Å². The lowest BCUT2D eigenvalue weighted by atomic mass is 9.83. The average molecular weight is 230 g/mol. The molecule has 0 amide bonds. The van der Waals surface area contributed by atoms with Gasteiger partial charge in [0.05, 0.1) is 12.9 Å². The summed E-state index contributed by atoms with van der Waals surface area (Å²) in [6.45, 7) is 2.14. The molecule has 0 N–H and O–H groups in total. The van der Waals surface area contributed by atoms with Crippen LogP contribution in [0.3, 0.4) is 0 Å². The Bertz CT molecular complexity index is 420. The number of ketones is 1. The first-order chi connectivity index (χ1) is 8.20. The van der Waals surface area contributed by atoms with Crippen molar-refractivity contribution in [3.63, 3.8) is 0 Å². The molecule has 2 atom stereocenters. The minimum absolute atomic E-state index is 0.174. The van der Waals surface area contributed by atoms with Gasteiger partial charge in [-0.25, -0.2) is 0 Å². The Morgan fingerprint density at radius 2 is 1.88 bits per heavy atom. The quantitative estimate of drug-likeness (QED) is 0.779. The predicted molar refractivity (Wildman–Crippen MR) is 67.7 cm³/mol. The minimum Gasteiger partial charge on any atom is -0.501 e. The Morgan fingerprint density at radius 3 is 2.53 bits per heavy atom.